The third-order valence-electron chi connectivity index (χ3n) is 7.43. The maximum absolute atomic E-state index is 13.1. The van der Waals surface area contributed by atoms with Gasteiger partial charge >= 0.3 is 0 Å². The first-order valence-electron chi connectivity index (χ1n) is 13.5. The van der Waals surface area contributed by atoms with Crippen molar-refractivity contribution in [3.8, 4) is 0 Å². The largest absolute Gasteiger partial charge is 0.347 e. The molecule has 0 unspecified atom stereocenters. The Morgan fingerprint density at radius 1 is 0.921 bits per heavy atom. The average Bonchev–Trinajstić information content (AvgIpc) is 3.29. The number of nitrogens with zero attached hydrogens (tertiary/aromatic N) is 2. The van der Waals surface area contributed by atoms with Crippen LogP contribution < -0.4 is 16.4 Å². The van der Waals surface area contributed by atoms with Crippen LogP contribution in [0, 0.1) is 5.92 Å². The number of para-hydroxylation sites is 3. The van der Waals surface area contributed by atoms with Crippen LogP contribution in [-0.2, 0) is 22.6 Å². The van der Waals surface area contributed by atoms with Crippen LogP contribution >= 0.6 is 0 Å². The minimum absolute atomic E-state index is 0.0279. The van der Waals surface area contributed by atoms with Gasteiger partial charge in [0.1, 0.15) is 5.82 Å². The van der Waals surface area contributed by atoms with E-state index in [-0.39, 0.29) is 30.2 Å². The lowest BCUT2D eigenvalue weighted by Crippen LogP contribution is -2.39. The van der Waals surface area contributed by atoms with Gasteiger partial charge in [0.2, 0.25) is 11.8 Å². The molecule has 0 radical (unpaired) electrons. The molecule has 0 saturated heterocycles. The van der Waals surface area contributed by atoms with Gasteiger partial charge in [0.25, 0.3) is 0 Å². The summed E-state index contributed by atoms with van der Waals surface area (Å²) in [6.45, 7) is 1.25. The summed E-state index contributed by atoms with van der Waals surface area (Å²) in [5.41, 5.74) is 11.0. The summed E-state index contributed by atoms with van der Waals surface area (Å²) < 4.78 is 2.24. The molecule has 1 aliphatic rings. The lowest BCUT2D eigenvalue weighted by molar-refractivity contribution is -0.128. The van der Waals surface area contributed by atoms with Gasteiger partial charge in [0.05, 0.1) is 17.6 Å². The topological polar surface area (TPSA) is 102 Å². The molecule has 3 aromatic carbocycles. The second-order valence-electron chi connectivity index (χ2n) is 10.0. The Kier molecular flexibility index (Phi) is 8.14. The number of hydrogen-bond acceptors (Lipinski definition) is 4. The van der Waals surface area contributed by atoms with Crippen LogP contribution in [-0.4, -0.2) is 34.5 Å². The molecule has 38 heavy (non-hydrogen) atoms. The number of anilines is 1. The van der Waals surface area contributed by atoms with Gasteiger partial charge in [-0.25, -0.2) is 4.98 Å². The average molecular weight is 510 g/mol. The zero-order valence-corrected chi connectivity index (χ0v) is 21.6. The molecule has 7 nitrogen and oxygen atoms in total. The standard InChI is InChI=1S/C31H35N5O2/c32-19-18-29-35-27-12-6-7-13-28(27)36(29)21-22-14-16-23(17-15-22)25-10-4-5-11-26(25)31(38)33-20-30(37)34-24-8-2-1-3-9-24/h1-3,6-9,12-17,25-26H,4-5,10-11,18-21,32H2,(H,33,38)(H,34,37)/t25-,26+/m0/s1. The number of amides is 2. The Bertz CT molecular complexity index is 1380. The summed E-state index contributed by atoms with van der Waals surface area (Å²) in [4.78, 5) is 30.2. The van der Waals surface area contributed by atoms with E-state index in [2.05, 4.69) is 45.5 Å². The summed E-state index contributed by atoms with van der Waals surface area (Å²) in [6.07, 6.45) is 4.67. The number of imidazole rings is 1. The van der Waals surface area contributed by atoms with E-state index in [1.807, 2.05) is 48.5 Å². The van der Waals surface area contributed by atoms with Crippen molar-refractivity contribution < 1.29 is 9.59 Å². The van der Waals surface area contributed by atoms with Gasteiger partial charge in [-0.1, -0.05) is 67.4 Å². The fourth-order valence-corrected chi connectivity index (χ4v) is 5.54. The molecule has 0 aliphatic heterocycles. The van der Waals surface area contributed by atoms with Gasteiger partial charge < -0.3 is 20.9 Å². The molecule has 5 rings (SSSR count). The van der Waals surface area contributed by atoms with Crippen LogP contribution in [0.5, 0.6) is 0 Å². The molecule has 0 spiro atoms. The smallest absolute Gasteiger partial charge is 0.243 e. The Hall–Kier alpha value is -3.97. The van der Waals surface area contributed by atoms with Crippen LogP contribution in [0.1, 0.15) is 48.6 Å². The lowest BCUT2D eigenvalue weighted by atomic mass is 9.75. The van der Waals surface area contributed by atoms with E-state index >= 15 is 0 Å². The normalized spacial score (nSPS) is 17.3. The second kappa shape index (κ2) is 12.0. The van der Waals surface area contributed by atoms with E-state index in [0.717, 1.165) is 61.2 Å². The highest BCUT2D eigenvalue weighted by Gasteiger charge is 2.32. The monoisotopic (exact) mass is 509 g/mol. The SMILES string of the molecule is NCCc1nc2ccccc2n1Cc1ccc([C@@H]2CCCC[C@H]2C(=O)NCC(=O)Nc2ccccc2)cc1. The Morgan fingerprint density at radius 3 is 2.45 bits per heavy atom. The minimum Gasteiger partial charge on any atom is -0.347 e. The predicted molar refractivity (Wildman–Crippen MR) is 151 cm³/mol. The van der Waals surface area contributed by atoms with Gasteiger partial charge in [-0.15, -0.1) is 0 Å². The van der Waals surface area contributed by atoms with E-state index in [0.29, 0.717) is 6.54 Å². The van der Waals surface area contributed by atoms with Crippen molar-refractivity contribution in [1.82, 2.24) is 14.9 Å². The van der Waals surface area contributed by atoms with Crippen LogP contribution in [0.15, 0.2) is 78.9 Å². The Labute approximate surface area is 223 Å². The third kappa shape index (κ3) is 5.94. The fraction of sp³-hybridized carbons (Fsp3) is 0.323. The van der Waals surface area contributed by atoms with Gasteiger partial charge in [-0.05, 0) is 60.7 Å². The molecule has 196 valence electrons. The van der Waals surface area contributed by atoms with E-state index in [4.69, 9.17) is 10.7 Å². The summed E-state index contributed by atoms with van der Waals surface area (Å²) in [7, 11) is 0. The van der Waals surface area contributed by atoms with Crippen LogP contribution in [0.25, 0.3) is 11.0 Å². The van der Waals surface area contributed by atoms with Crippen molar-refractivity contribution in [3.05, 3.63) is 95.8 Å². The van der Waals surface area contributed by atoms with Crippen LogP contribution in [0.3, 0.4) is 0 Å². The summed E-state index contributed by atoms with van der Waals surface area (Å²) >= 11 is 0. The summed E-state index contributed by atoms with van der Waals surface area (Å²) in [5.74, 6) is 0.753. The first-order chi connectivity index (χ1) is 18.6. The second-order valence-corrected chi connectivity index (χ2v) is 10.0. The van der Waals surface area contributed by atoms with Crippen molar-refractivity contribution >= 4 is 28.5 Å². The van der Waals surface area contributed by atoms with Gasteiger partial charge in [-0.2, -0.15) is 0 Å². The van der Waals surface area contributed by atoms with E-state index < -0.39 is 0 Å². The molecule has 4 N–H and O–H groups in total. The van der Waals surface area contributed by atoms with E-state index in [1.54, 1.807) is 0 Å². The molecule has 1 saturated carbocycles. The van der Waals surface area contributed by atoms with Crippen LogP contribution in [0.2, 0.25) is 0 Å². The van der Waals surface area contributed by atoms with Crippen molar-refractivity contribution in [3.63, 3.8) is 0 Å². The van der Waals surface area contributed by atoms with Crippen molar-refractivity contribution in [2.24, 2.45) is 11.7 Å². The molecule has 4 aromatic rings. The molecule has 2 amide bonds. The number of aromatic nitrogens is 2. The molecule has 1 aromatic heterocycles. The highest BCUT2D eigenvalue weighted by molar-refractivity contribution is 5.94. The zero-order valence-electron chi connectivity index (χ0n) is 21.6. The first-order valence-corrected chi connectivity index (χ1v) is 13.5. The number of carbonyl (C=O) groups is 2. The maximum atomic E-state index is 13.1. The predicted octanol–water partition coefficient (Wildman–Crippen LogP) is 4.61. The van der Waals surface area contributed by atoms with Crippen molar-refractivity contribution in [2.75, 3.05) is 18.4 Å². The molecule has 1 aliphatic carbocycles. The van der Waals surface area contributed by atoms with Crippen LogP contribution in [0.4, 0.5) is 5.69 Å². The molecule has 1 fully saturated rings. The van der Waals surface area contributed by atoms with Gasteiger partial charge in [-0.3, -0.25) is 9.59 Å². The Morgan fingerprint density at radius 2 is 1.66 bits per heavy atom. The summed E-state index contributed by atoms with van der Waals surface area (Å²) in [5, 5.41) is 5.70. The number of fused-ring (bicyclic) bond motifs is 1. The summed E-state index contributed by atoms with van der Waals surface area (Å²) in [6, 6.07) is 26.1. The first kappa shape index (κ1) is 25.7. The number of nitrogens with two attached hydrogens (primary N) is 1. The van der Waals surface area contributed by atoms with Crippen molar-refractivity contribution in [1.29, 1.82) is 0 Å². The molecule has 7 heteroatoms. The molecular weight excluding hydrogens is 474 g/mol. The van der Waals surface area contributed by atoms with Gasteiger partial charge in [0.15, 0.2) is 0 Å². The molecule has 1 heterocycles. The molecular formula is C31H35N5O2. The van der Waals surface area contributed by atoms with Crippen molar-refractivity contribution in [2.45, 2.75) is 44.6 Å². The third-order valence-corrected chi connectivity index (χ3v) is 7.43. The number of carbonyl (C=O) groups excluding carboxylic acids is 2. The number of nitrogens with one attached hydrogen (secondary N) is 2. The maximum Gasteiger partial charge on any atom is 0.243 e. The van der Waals surface area contributed by atoms with E-state index in [1.165, 1.54) is 11.1 Å². The highest BCUT2D eigenvalue weighted by Crippen LogP contribution is 2.38. The lowest BCUT2D eigenvalue weighted by Gasteiger charge is -2.31. The minimum atomic E-state index is -0.220. The molecule has 0 bridgehead atoms. The number of rotatable bonds is 9. The van der Waals surface area contributed by atoms with Gasteiger partial charge in [0, 0.05) is 24.6 Å². The zero-order chi connectivity index (χ0) is 26.3. The number of hydrogen-bond donors (Lipinski definition) is 3. The quantitative estimate of drug-likeness (QED) is 0.307. The molecule has 2 atom stereocenters. The Balaban J connectivity index is 1.25. The highest BCUT2D eigenvalue weighted by atomic mass is 16.2. The number of benzene rings is 3. The van der Waals surface area contributed by atoms with E-state index in [9.17, 15) is 9.59 Å². The fourth-order valence-electron chi connectivity index (χ4n) is 5.54.